The van der Waals surface area contributed by atoms with Crippen molar-refractivity contribution in [3.05, 3.63) is 198 Å². The Labute approximate surface area is 694 Å². The van der Waals surface area contributed by atoms with Gasteiger partial charge >= 0.3 is 53.2 Å². The van der Waals surface area contributed by atoms with Crippen molar-refractivity contribution < 1.29 is 75.7 Å². The van der Waals surface area contributed by atoms with Crippen molar-refractivity contribution in [2.75, 3.05) is 0 Å². The normalized spacial score (nSPS) is 16.2. The predicted molar refractivity (Wildman–Crippen MR) is 464 cm³/mol. The van der Waals surface area contributed by atoms with Crippen molar-refractivity contribution in [2.45, 2.75) is 230 Å². The lowest BCUT2D eigenvalue weighted by molar-refractivity contribution is 0.00578. The summed E-state index contributed by atoms with van der Waals surface area (Å²) in [6, 6.07) is 47.4. The number of ether oxygens (including phenoxy) is 4. The Kier molecular flexibility index (Phi) is 28.6. The van der Waals surface area contributed by atoms with E-state index in [0.29, 0.717) is 13.2 Å². The lowest BCUT2D eigenvalue weighted by Gasteiger charge is -2.32. The molecule has 11 aromatic rings. The summed E-state index contributed by atoms with van der Waals surface area (Å²) in [5, 5.41) is 12.7. The average Bonchev–Trinajstić information content (AvgIpc) is 1.58. The van der Waals surface area contributed by atoms with E-state index in [1.54, 1.807) is 70.1 Å². The molecular formula is C86H108B4Br2N7O16. The van der Waals surface area contributed by atoms with Crippen LogP contribution in [0.25, 0.3) is 66.1 Å². The van der Waals surface area contributed by atoms with Crippen molar-refractivity contribution in [3.8, 4) is 28.4 Å². The monoisotopic (exact) mass is 1700 g/mol. The number of halogens is 2. The number of pyridine rings is 3. The molecule has 14 rings (SSSR count). The minimum Gasteiger partial charge on any atom is -0.524 e. The van der Waals surface area contributed by atoms with E-state index >= 15 is 0 Å². The molecule has 0 amide bonds. The van der Waals surface area contributed by atoms with Gasteiger partial charge in [-0.3, -0.25) is 23.7 Å². The summed E-state index contributed by atoms with van der Waals surface area (Å²) >= 11 is 6.66. The van der Waals surface area contributed by atoms with E-state index in [1.807, 2.05) is 285 Å². The van der Waals surface area contributed by atoms with E-state index in [-0.39, 0.29) is 47.9 Å². The SMILES string of the molecule is Brc1ccccn1.C.CC(C)(C)OC(=O)n1c(O[B]O)cc2c(-c3ccccn3)cccc21.CC(C)(C)OC(=O)n1ccc2c(-c3ccccn3)cccc21.CC(C)(C)OC(=O)n1ccc2c(B3OC(C)(C)C(C)(C)O3)cccc21.CC(C)(C)OC(=O)n1ccc2c(Br)cccc21.CC1(C)OB(B2OC(C)(C)C(C)(C)O2)OC1(C)C. The summed E-state index contributed by atoms with van der Waals surface area (Å²) in [4.78, 5) is 62.0. The molecule has 29 heteroatoms. The van der Waals surface area contributed by atoms with Gasteiger partial charge in [0.1, 0.15) is 27.0 Å². The second kappa shape index (κ2) is 35.9. The van der Waals surface area contributed by atoms with Gasteiger partial charge < -0.3 is 56.6 Å². The number of rotatable bonds is 6. The van der Waals surface area contributed by atoms with Gasteiger partial charge in [0.25, 0.3) is 0 Å². The van der Waals surface area contributed by atoms with Crippen LogP contribution in [-0.4, -0.2) is 147 Å². The lowest BCUT2D eigenvalue weighted by Crippen LogP contribution is -2.41. The number of benzene rings is 4. The number of fused-ring (bicyclic) bond motifs is 4. The second-order valence-corrected chi connectivity index (χ2v) is 36.0. The molecule has 0 spiro atoms. The fourth-order valence-corrected chi connectivity index (χ4v) is 12.5. The molecule has 23 nitrogen and oxygen atoms in total. The third kappa shape index (κ3) is 22.7. The molecular weight excluding hydrogens is 1590 g/mol. The summed E-state index contributed by atoms with van der Waals surface area (Å²) in [5.41, 5.74) is 2.99. The van der Waals surface area contributed by atoms with Gasteiger partial charge in [0, 0.05) is 75.0 Å². The highest BCUT2D eigenvalue weighted by atomic mass is 79.9. The lowest BCUT2D eigenvalue weighted by atomic mass is 9.49. The summed E-state index contributed by atoms with van der Waals surface area (Å²) in [6.07, 6.45) is 8.70. The number of carbonyl (C=O) groups is 4. The maximum absolute atomic E-state index is 12.6. The molecule has 4 aromatic carbocycles. The zero-order valence-electron chi connectivity index (χ0n) is 69.7. The van der Waals surface area contributed by atoms with E-state index in [2.05, 4.69) is 46.8 Å². The van der Waals surface area contributed by atoms with Gasteiger partial charge in [0.2, 0.25) is 0 Å². The van der Waals surface area contributed by atoms with Crippen molar-refractivity contribution in [1.29, 1.82) is 0 Å². The van der Waals surface area contributed by atoms with E-state index in [4.69, 9.17) is 56.6 Å². The first-order chi connectivity index (χ1) is 52.9. The molecule has 0 saturated carbocycles. The molecule has 10 heterocycles. The summed E-state index contributed by atoms with van der Waals surface area (Å²) < 4.78 is 70.7. The van der Waals surface area contributed by atoms with Crippen molar-refractivity contribution in [3.63, 3.8) is 0 Å². The van der Waals surface area contributed by atoms with Crippen molar-refractivity contribution in [2.24, 2.45) is 0 Å². The van der Waals surface area contributed by atoms with Crippen LogP contribution >= 0.6 is 31.9 Å². The van der Waals surface area contributed by atoms with Crippen LogP contribution in [0.15, 0.2) is 198 Å². The molecule has 7 aromatic heterocycles. The molecule has 1 N–H and O–H groups in total. The Hall–Kier alpha value is -8.89. The van der Waals surface area contributed by atoms with Crippen LogP contribution in [0.1, 0.15) is 174 Å². The molecule has 115 heavy (non-hydrogen) atoms. The van der Waals surface area contributed by atoms with Crippen LogP contribution in [0.2, 0.25) is 0 Å². The van der Waals surface area contributed by atoms with E-state index < -0.39 is 66.9 Å². The smallest absolute Gasteiger partial charge is 0.524 e. The van der Waals surface area contributed by atoms with Gasteiger partial charge in [0.05, 0.1) is 67.1 Å². The number of hydrogen-bond donors (Lipinski definition) is 1. The van der Waals surface area contributed by atoms with Gasteiger partial charge in [-0.1, -0.05) is 84.0 Å². The van der Waals surface area contributed by atoms with E-state index in [1.165, 1.54) is 18.3 Å². The fourth-order valence-electron chi connectivity index (χ4n) is 11.8. The van der Waals surface area contributed by atoms with Gasteiger partial charge in [-0.2, -0.15) is 0 Å². The summed E-state index contributed by atoms with van der Waals surface area (Å²) in [7, 11) is -0.884. The zero-order valence-corrected chi connectivity index (χ0v) is 72.8. The zero-order chi connectivity index (χ0) is 84.1. The maximum atomic E-state index is 12.6. The fraction of sp³-hybridized carbons (Fsp3) is 0.407. The molecule has 0 atom stereocenters. The number of hydrogen-bond acceptors (Lipinski definition) is 19. The Morgan fingerprint density at radius 2 is 0.748 bits per heavy atom. The molecule has 3 aliphatic rings. The topological polar surface area (TPSA) is 248 Å². The molecule has 609 valence electrons. The Balaban J connectivity index is 0.000000177. The second-order valence-electron chi connectivity index (χ2n) is 34.4. The van der Waals surface area contributed by atoms with Crippen LogP contribution in [0.4, 0.5) is 19.2 Å². The van der Waals surface area contributed by atoms with Gasteiger partial charge in [-0.15, -0.1) is 0 Å². The first kappa shape index (κ1) is 91.6. The quantitative estimate of drug-likeness (QED) is 0.0923. The Morgan fingerprint density at radius 3 is 1.13 bits per heavy atom. The van der Waals surface area contributed by atoms with Crippen molar-refractivity contribution in [1.82, 2.24) is 33.2 Å². The van der Waals surface area contributed by atoms with Crippen LogP contribution in [0.5, 0.6) is 5.88 Å². The van der Waals surface area contributed by atoms with Crippen LogP contribution < -0.4 is 10.1 Å². The van der Waals surface area contributed by atoms with Gasteiger partial charge in [-0.25, -0.2) is 28.7 Å². The third-order valence-electron chi connectivity index (χ3n) is 19.3. The van der Waals surface area contributed by atoms with Crippen LogP contribution in [0, 0.1) is 0 Å². The molecule has 0 aliphatic carbocycles. The standard InChI is InChI=1S/C19H26BNO4.C18H18BN2O4.C18H18N2O2.C13H14BrNO2.C12H24B2O4.C5H4BrN.CH4/c1-17(2,3)23-16(22)21-12-11-13-14(9-8-10-15(13)21)20-24-18(4,5)19(6,7)25-20;1-18(2,3)24-17(22)21-15-9-6-7-12(14-8-4-5-10-20-14)13(15)11-16(21)25-19-23;1-18(2,3)22-17(21)20-12-10-14-13(7-6-9-16(14)20)15-8-4-5-11-19-15;1-13(2,3)17-12(16)15-8-7-9-10(14)5-4-6-11(9)15;1-9(2)10(3,4)16-13(15-9)14-17-11(5,6)12(7,8)18-14;6-5-3-1-2-4-7-5;/h8-12H,1-7H3;4-11,23H,1-3H3;4-12H,1-3H3;4-8H,1-3H3;1-8H3;1-4H;1H4. The highest BCUT2D eigenvalue weighted by Crippen LogP contribution is 2.44. The highest BCUT2D eigenvalue weighted by Gasteiger charge is 2.64. The maximum Gasteiger partial charge on any atom is 0.570 e. The molecule has 3 fully saturated rings. The van der Waals surface area contributed by atoms with E-state index in [9.17, 15) is 19.2 Å². The number of nitrogens with zero attached hydrogens (tertiary/aromatic N) is 7. The average molecular weight is 1700 g/mol. The number of carbonyl (C=O) groups excluding carboxylic acids is 4. The summed E-state index contributed by atoms with van der Waals surface area (Å²) in [5.74, 6) is 0.162. The Bertz CT molecular complexity index is 5090. The predicted octanol–water partition coefficient (Wildman–Crippen LogP) is 20.5. The first-order valence-electron chi connectivity index (χ1n) is 37.6. The molecule has 0 bridgehead atoms. The highest BCUT2D eigenvalue weighted by molar-refractivity contribution is 9.10. The molecule has 3 saturated heterocycles. The molecule has 1 radical (unpaired) electrons. The molecule has 0 unspecified atom stereocenters. The summed E-state index contributed by atoms with van der Waals surface area (Å²) in [6.45, 7) is 46.4. The van der Waals surface area contributed by atoms with Gasteiger partial charge in [-0.05, 0) is 278 Å². The van der Waals surface area contributed by atoms with E-state index in [0.717, 1.165) is 75.1 Å². The minimum absolute atomic E-state index is 0. The van der Waals surface area contributed by atoms with Gasteiger partial charge in [0.15, 0.2) is 5.88 Å². The minimum atomic E-state index is -0.660. The number of aromatic nitrogens is 7. The molecule has 3 aliphatic heterocycles. The van der Waals surface area contributed by atoms with Crippen LogP contribution in [0.3, 0.4) is 0 Å². The third-order valence-corrected chi connectivity index (χ3v) is 20.5. The largest absolute Gasteiger partial charge is 0.570 e. The first-order valence-corrected chi connectivity index (χ1v) is 39.1. The van der Waals surface area contributed by atoms with Crippen molar-refractivity contribution >= 4 is 134 Å². The van der Waals surface area contributed by atoms with Crippen LogP contribution in [-0.2, 0) is 46.9 Å². The Morgan fingerprint density at radius 1 is 0.400 bits per heavy atom.